The van der Waals surface area contributed by atoms with Crippen molar-refractivity contribution >= 4 is 44.1 Å². The smallest absolute Gasteiger partial charge is 0.229 e. The molecule has 3 aliphatic rings. The summed E-state index contributed by atoms with van der Waals surface area (Å²) in [6.45, 7) is 8.87. The highest BCUT2D eigenvalue weighted by atomic mass is 32.2. The lowest BCUT2D eigenvalue weighted by molar-refractivity contribution is 0.122. The molecule has 2 aliphatic heterocycles. The number of piperazine rings is 1. The van der Waals surface area contributed by atoms with Gasteiger partial charge in [-0.05, 0) is 45.7 Å². The van der Waals surface area contributed by atoms with E-state index in [1.807, 2.05) is 12.3 Å². The van der Waals surface area contributed by atoms with Crippen molar-refractivity contribution in [1.29, 1.82) is 0 Å². The Kier molecular flexibility index (Phi) is 8.68. The van der Waals surface area contributed by atoms with Crippen LogP contribution in [0.25, 0.3) is 10.9 Å². The molecule has 13 nitrogen and oxygen atoms in total. The Morgan fingerprint density at radius 2 is 1.67 bits per heavy atom. The molecule has 1 aliphatic carbocycles. The highest BCUT2D eigenvalue weighted by molar-refractivity contribution is 7.92. The lowest BCUT2D eigenvalue weighted by atomic mass is 9.93. The number of hydrogen-bond acceptors (Lipinski definition) is 12. The van der Waals surface area contributed by atoms with E-state index in [1.54, 1.807) is 6.07 Å². The number of likely N-dealkylation sites (N-methyl/N-ethyl adjacent to an activating group) is 1. The van der Waals surface area contributed by atoms with E-state index in [1.165, 1.54) is 6.20 Å². The third kappa shape index (κ3) is 7.36. The first-order chi connectivity index (χ1) is 20.7. The van der Waals surface area contributed by atoms with Gasteiger partial charge in [-0.1, -0.05) is 0 Å². The molecule has 3 aromatic rings. The summed E-state index contributed by atoms with van der Waals surface area (Å²) in [6, 6.07) is 3.92. The van der Waals surface area contributed by atoms with Gasteiger partial charge in [0.15, 0.2) is 0 Å². The molecule has 43 heavy (non-hydrogen) atoms. The molecule has 14 heteroatoms. The van der Waals surface area contributed by atoms with E-state index in [2.05, 4.69) is 48.7 Å². The summed E-state index contributed by atoms with van der Waals surface area (Å²) in [5, 5.41) is 4.22. The van der Waals surface area contributed by atoms with Crippen LogP contribution in [0.4, 0.5) is 23.1 Å². The fraction of sp³-hybridized carbons (Fsp3) is 0.586. The van der Waals surface area contributed by atoms with Crippen molar-refractivity contribution in [3.8, 4) is 5.88 Å². The molecule has 0 amide bonds. The minimum absolute atomic E-state index is 0.0255. The molecule has 2 N–H and O–H groups in total. The zero-order valence-electron chi connectivity index (χ0n) is 25.1. The Bertz CT molecular complexity index is 1530. The molecule has 3 aromatic heterocycles. The normalized spacial score (nSPS) is 22.0. The van der Waals surface area contributed by atoms with Crippen LogP contribution in [0.1, 0.15) is 31.4 Å². The van der Waals surface area contributed by atoms with Crippen molar-refractivity contribution < 1.29 is 17.9 Å². The number of aromatic nitrogens is 4. The van der Waals surface area contributed by atoms with Crippen molar-refractivity contribution in [3.05, 3.63) is 30.2 Å². The molecule has 2 saturated heterocycles. The number of nitrogens with zero attached hydrogens (tertiary/aromatic N) is 7. The first-order valence-electron chi connectivity index (χ1n) is 15.0. The second-order valence-electron chi connectivity index (χ2n) is 11.7. The summed E-state index contributed by atoms with van der Waals surface area (Å²) in [6.07, 6.45) is 8.07. The van der Waals surface area contributed by atoms with Crippen molar-refractivity contribution in [2.75, 3.05) is 85.6 Å². The molecule has 0 bridgehead atoms. The first-order valence-corrected chi connectivity index (χ1v) is 16.9. The van der Waals surface area contributed by atoms with E-state index >= 15 is 0 Å². The number of nitrogens with one attached hydrogen (secondary N) is 2. The monoisotopic (exact) mass is 611 g/mol. The average Bonchev–Trinajstić information content (AvgIpc) is 2.99. The summed E-state index contributed by atoms with van der Waals surface area (Å²) in [4.78, 5) is 25.7. The lowest BCUT2D eigenvalue weighted by Crippen LogP contribution is -2.44. The molecule has 6 rings (SSSR count). The fourth-order valence-electron chi connectivity index (χ4n) is 5.95. The maximum absolute atomic E-state index is 11.9. The number of hydrogen-bond donors (Lipinski definition) is 2. The van der Waals surface area contributed by atoms with Crippen LogP contribution in [0, 0.1) is 6.92 Å². The molecule has 0 atom stereocenters. The summed E-state index contributed by atoms with van der Waals surface area (Å²) in [7, 11) is -1.30. The minimum Gasteiger partial charge on any atom is -0.474 e. The minimum atomic E-state index is -3.45. The highest BCUT2D eigenvalue weighted by Gasteiger charge is 2.26. The van der Waals surface area contributed by atoms with Crippen LogP contribution in [0.2, 0.25) is 0 Å². The van der Waals surface area contributed by atoms with Gasteiger partial charge in [0.05, 0.1) is 59.8 Å². The number of anilines is 4. The van der Waals surface area contributed by atoms with Crippen LogP contribution >= 0.6 is 0 Å². The van der Waals surface area contributed by atoms with E-state index < -0.39 is 10.0 Å². The van der Waals surface area contributed by atoms with E-state index in [9.17, 15) is 8.42 Å². The number of ether oxygens (including phenoxy) is 2. The zero-order valence-corrected chi connectivity index (χ0v) is 25.9. The van der Waals surface area contributed by atoms with Gasteiger partial charge < -0.3 is 29.5 Å². The third-order valence-corrected chi connectivity index (χ3v) is 8.96. The van der Waals surface area contributed by atoms with Gasteiger partial charge in [-0.3, -0.25) is 9.71 Å². The standard InChI is InChI=1S/C29H41N9O4S/c1-20-26(37-10-8-36(2)9-11-37)19-31-29(32-20)33-21-4-6-23(7-5-21)42-28-24-16-22(35-43(3,39)40)18-30-25(24)17-27(34-28)38-12-14-41-15-13-38/h16-19,21,23,35H,4-15H2,1-3H3,(H,31,32,33). The number of morpholine rings is 1. The zero-order chi connectivity index (χ0) is 30.0. The highest BCUT2D eigenvalue weighted by Crippen LogP contribution is 2.33. The topological polar surface area (TPSA) is 138 Å². The largest absolute Gasteiger partial charge is 0.474 e. The SMILES string of the molecule is Cc1nc(NC2CCC(Oc3nc(N4CCOCC4)cc4ncc(NS(C)(=O)=O)cc34)CC2)ncc1N1CCN(C)CC1. The Morgan fingerprint density at radius 3 is 2.37 bits per heavy atom. The van der Waals surface area contributed by atoms with Gasteiger partial charge in [-0.2, -0.15) is 4.98 Å². The number of fused-ring (bicyclic) bond motifs is 1. The van der Waals surface area contributed by atoms with Crippen LogP contribution in [-0.4, -0.2) is 111 Å². The molecule has 0 unspecified atom stereocenters. The van der Waals surface area contributed by atoms with Crippen LogP contribution in [-0.2, 0) is 14.8 Å². The van der Waals surface area contributed by atoms with Gasteiger partial charge in [-0.25, -0.2) is 18.4 Å². The fourth-order valence-corrected chi connectivity index (χ4v) is 6.49. The van der Waals surface area contributed by atoms with Gasteiger partial charge in [0, 0.05) is 51.4 Å². The van der Waals surface area contributed by atoms with E-state index in [-0.39, 0.29) is 12.1 Å². The maximum Gasteiger partial charge on any atom is 0.229 e. The second-order valence-corrected chi connectivity index (χ2v) is 13.5. The Balaban J connectivity index is 1.13. The summed E-state index contributed by atoms with van der Waals surface area (Å²) in [5.74, 6) is 1.92. The molecule has 0 aromatic carbocycles. The number of aryl methyl sites for hydroxylation is 1. The molecule has 5 heterocycles. The van der Waals surface area contributed by atoms with Crippen molar-refractivity contribution in [3.63, 3.8) is 0 Å². The summed E-state index contributed by atoms with van der Waals surface area (Å²) in [5.41, 5.74) is 3.19. The van der Waals surface area contributed by atoms with Crippen LogP contribution < -0.4 is 24.6 Å². The molecule has 232 valence electrons. The van der Waals surface area contributed by atoms with Crippen molar-refractivity contribution in [2.24, 2.45) is 0 Å². The Hall–Kier alpha value is -3.49. The molecule has 1 saturated carbocycles. The third-order valence-electron chi connectivity index (χ3n) is 8.35. The van der Waals surface area contributed by atoms with E-state index in [4.69, 9.17) is 19.4 Å². The van der Waals surface area contributed by atoms with E-state index in [0.29, 0.717) is 41.6 Å². The quantitative estimate of drug-likeness (QED) is 0.387. The second kappa shape index (κ2) is 12.6. The summed E-state index contributed by atoms with van der Waals surface area (Å²) >= 11 is 0. The van der Waals surface area contributed by atoms with Crippen molar-refractivity contribution in [1.82, 2.24) is 24.8 Å². The molecular formula is C29H41N9O4S. The van der Waals surface area contributed by atoms with E-state index in [0.717, 1.165) is 88.4 Å². The summed E-state index contributed by atoms with van der Waals surface area (Å²) < 4.78 is 38.3. The molecule has 0 radical (unpaired) electrons. The molecule has 3 fully saturated rings. The lowest BCUT2D eigenvalue weighted by Gasteiger charge is -2.34. The predicted molar refractivity (Wildman–Crippen MR) is 168 cm³/mol. The van der Waals surface area contributed by atoms with Gasteiger partial charge >= 0.3 is 0 Å². The Labute approximate surface area is 253 Å². The van der Waals surface area contributed by atoms with Gasteiger partial charge in [-0.15, -0.1) is 0 Å². The molecule has 0 spiro atoms. The van der Waals surface area contributed by atoms with Crippen LogP contribution in [0.15, 0.2) is 24.5 Å². The number of sulfonamides is 1. The van der Waals surface area contributed by atoms with Gasteiger partial charge in [0.25, 0.3) is 0 Å². The first kappa shape index (κ1) is 29.6. The van der Waals surface area contributed by atoms with Crippen LogP contribution in [0.3, 0.4) is 0 Å². The van der Waals surface area contributed by atoms with Crippen molar-refractivity contribution in [2.45, 2.75) is 44.8 Å². The van der Waals surface area contributed by atoms with Gasteiger partial charge in [0.1, 0.15) is 11.9 Å². The number of rotatable bonds is 8. The average molecular weight is 612 g/mol. The number of pyridine rings is 2. The molecular weight excluding hydrogens is 570 g/mol. The maximum atomic E-state index is 11.9. The van der Waals surface area contributed by atoms with Crippen LogP contribution in [0.5, 0.6) is 5.88 Å². The Morgan fingerprint density at radius 1 is 0.930 bits per heavy atom. The predicted octanol–water partition coefficient (Wildman–Crippen LogP) is 2.49. The van der Waals surface area contributed by atoms with Gasteiger partial charge in [0.2, 0.25) is 21.9 Å².